The van der Waals surface area contributed by atoms with Crippen molar-refractivity contribution in [1.29, 1.82) is 0 Å². The van der Waals surface area contributed by atoms with E-state index in [2.05, 4.69) is 5.32 Å². The van der Waals surface area contributed by atoms with Gasteiger partial charge >= 0.3 is 5.97 Å². The minimum Gasteiger partial charge on any atom is -0.496 e. The number of β-lactam (4-membered cyclic amide) rings is 1. The number of carbonyl (C=O) groups is 3. The standard InChI is InChI=1S/C21H28N2O5S/c1-7-11-9-12(8-2)14(13(10-11)28-6)16(24)22-21(5)18(27)23-15(17(25)26)20(3,4)29-19(21)23/h9-10,15,19H,7-8H2,1-6H3,(H,22,24)(H,25,26)/t15-,19+,21-/m0/s1. The Balaban J connectivity index is 1.93. The number of hydrogen-bond donors (Lipinski definition) is 2. The summed E-state index contributed by atoms with van der Waals surface area (Å²) in [4.78, 5) is 39.3. The van der Waals surface area contributed by atoms with Gasteiger partial charge in [-0.3, -0.25) is 9.59 Å². The molecule has 0 aliphatic carbocycles. The number of methoxy groups -OCH3 is 1. The third kappa shape index (κ3) is 3.17. The van der Waals surface area contributed by atoms with Gasteiger partial charge in [-0.25, -0.2) is 4.79 Å². The van der Waals surface area contributed by atoms with E-state index < -0.39 is 27.7 Å². The summed E-state index contributed by atoms with van der Waals surface area (Å²) in [5.74, 6) is -1.30. The minimum atomic E-state index is -1.16. The van der Waals surface area contributed by atoms with E-state index in [-0.39, 0.29) is 11.8 Å². The molecule has 2 aliphatic rings. The van der Waals surface area contributed by atoms with Crippen LogP contribution in [0.2, 0.25) is 0 Å². The molecule has 2 N–H and O–H groups in total. The number of carboxylic acids is 1. The second kappa shape index (κ2) is 7.23. The quantitative estimate of drug-likeness (QED) is 0.687. The van der Waals surface area contributed by atoms with Crippen molar-refractivity contribution in [3.8, 4) is 5.75 Å². The molecular weight excluding hydrogens is 392 g/mol. The first-order valence-corrected chi connectivity index (χ1v) is 10.6. The smallest absolute Gasteiger partial charge is 0.327 e. The van der Waals surface area contributed by atoms with Crippen LogP contribution in [0.15, 0.2) is 12.1 Å². The van der Waals surface area contributed by atoms with Gasteiger partial charge in [0.05, 0.1) is 12.7 Å². The van der Waals surface area contributed by atoms with E-state index in [1.165, 1.54) is 23.8 Å². The molecule has 1 aromatic rings. The first-order chi connectivity index (χ1) is 13.5. The molecule has 0 radical (unpaired) electrons. The number of ether oxygens (including phenoxy) is 1. The molecule has 2 fully saturated rings. The van der Waals surface area contributed by atoms with Crippen molar-refractivity contribution in [3.05, 3.63) is 28.8 Å². The number of nitrogens with one attached hydrogen (secondary N) is 1. The molecule has 7 nitrogen and oxygen atoms in total. The molecule has 8 heteroatoms. The normalized spacial score (nSPS) is 27.2. The summed E-state index contributed by atoms with van der Waals surface area (Å²) in [5.41, 5.74) is 1.19. The van der Waals surface area contributed by atoms with Crippen molar-refractivity contribution < 1.29 is 24.2 Å². The summed E-state index contributed by atoms with van der Waals surface area (Å²) in [6.07, 6.45) is 1.47. The molecule has 0 bridgehead atoms. The highest BCUT2D eigenvalue weighted by molar-refractivity contribution is 8.01. The lowest BCUT2D eigenvalue weighted by molar-refractivity contribution is -0.165. The van der Waals surface area contributed by atoms with Crippen LogP contribution in [0.25, 0.3) is 0 Å². The SMILES string of the molecule is CCc1cc(CC)c(C(=O)N[C@@]2(C)C(=O)N3[C@@H](C(=O)O)C(C)(C)S[C@@H]32)c(OC)c1. The van der Waals surface area contributed by atoms with Gasteiger partial charge in [0.25, 0.3) is 11.8 Å². The molecule has 158 valence electrons. The number of thioether (sulfide) groups is 1. The van der Waals surface area contributed by atoms with Gasteiger partial charge in [-0.05, 0) is 50.8 Å². The van der Waals surface area contributed by atoms with Gasteiger partial charge in [0, 0.05) is 4.75 Å². The molecule has 2 saturated heterocycles. The van der Waals surface area contributed by atoms with E-state index >= 15 is 0 Å². The highest BCUT2D eigenvalue weighted by atomic mass is 32.2. The lowest BCUT2D eigenvalue weighted by atomic mass is 9.85. The Hall–Kier alpha value is -2.22. The van der Waals surface area contributed by atoms with E-state index in [1.54, 1.807) is 6.92 Å². The topological polar surface area (TPSA) is 95.9 Å². The molecule has 3 rings (SSSR count). The fraction of sp³-hybridized carbons (Fsp3) is 0.571. The minimum absolute atomic E-state index is 0.372. The summed E-state index contributed by atoms with van der Waals surface area (Å²) in [5, 5.41) is 12.1. The number of rotatable bonds is 6. The predicted molar refractivity (Wildman–Crippen MR) is 111 cm³/mol. The van der Waals surface area contributed by atoms with Gasteiger partial charge in [0.2, 0.25) is 0 Å². The zero-order valence-electron chi connectivity index (χ0n) is 17.7. The van der Waals surface area contributed by atoms with E-state index in [4.69, 9.17) is 4.74 Å². The maximum absolute atomic E-state index is 13.2. The van der Waals surface area contributed by atoms with E-state index in [9.17, 15) is 19.5 Å². The van der Waals surface area contributed by atoms with Crippen LogP contribution in [0.1, 0.15) is 56.1 Å². The first kappa shape index (κ1) is 21.5. The molecule has 0 aromatic heterocycles. The number of nitrogens with zero attached hydrogens (tertiary/aromatic N) is 1. The summed E-state index contributed by atoms with van der Waals surface area (Å²) < 4.78 is 4.82. The number of aliphatic carboxylic acids is 1. The number of hydrogen-bond acceptors (Lipinski definition) is 5. The molecule has 2 aliphatic heterocycles. The second-order valence-corrected chi connectivity index (χ2v) is 9.96. The highest BCUT2D eigenvalue weighted by Crippen LogP contribution is 2.54. The van der Waals surface area contributed by atoms with Gasteiger partial charge in [-0.1, -0.05) is 19.9 Å². The highest BCUT2D eigenvalue weighted by Gasteiger charge is 2.70. The van der Waals surface area contributed by atoms with Gasteiger partial charge in [-0.15, -0.1) is 11.8 Å². The van der Waals surface area contributed by atoms with Crippen LogP contribution in [0.4, 0.5) is 0 Å². The van der Waals surface area contributed by atoms with Crippen molar-refractivity contribution in [1.82, 2.24) is 10.2 Å². The van der Waals surface area contributed by atoms with Crippen molar-refractivity contribution in [2.24, 2.45) is 0 Å². The van der Waals surface area contributed by atoms with E-state index in [0.29, 0.717) is 17.7 Å². The van der Waals surface area contributed by atoms with Crippen molar-refractivity contribution in [2.75, 3.05) is 7.11 Å². The Morgan fingerprint density at radius 2 is 1.90 bits per heavy atom. The summed E-state index contributed by atoms with van der Waals surface area (Å²) >= 11 is 1.41. The fourth-order valence-corrected chi connectivity index (χ4v) is 5.92. The molecule has 1 aromatic carbocycles. The van der Waals surface area contributed by atoms with Crippen LogP contribution < -0.4 is 10.1 Å². The van der Waals surface area contributed by atoms with Crippen LogP contribution in [-0.2, 0) is 22.4 Å². The molecule has 3 atom stereocenters. The van der Waals surface area contributed by atoms with Gasteiger partial charge in [0.1, 0.15) is 22.7 Å². The summed E-state index contributed by atoms with van der Waals surface area (Å²) in [7, 11) is 1.52. The molecule has 0 spiro atoms. The maximum Gasteiger partial charge on any atom is 0.327 e. The number of carbonyl (C=O) groups excluding carboxylic acids is 2. The van der Waals surface area contributed by atoms with Crippen LogP contribution in [0, 0.1) is 0 Å². The largest absolute Gasteiger partial charge is 0.496 e. The van der Waals surface area contributed by atoms with Gasteiger partial charge in [-0.2, -0.15) is 0 Å². The Bertz CT molecular complexity index is 859. The molecule has 0 saturated carbocycles. The fourth-order valence-electron chi connectivity index (χ4n) is 4.27. The second-order valence-electron chi connectivity index (χ2n) is 8.22. The molecule has 0 unspecified atom stereocenters. The average molecular weight is 421 g/mol. The summed E-state index contributed by atoms with van der Waals surface area (Å²) in [6.45, 7) is 9.29. The molecule has 2 heterocycles. The third-order valence-corrected chi connectivity index (χ3v) is 7.62. The Morgan fingerprint density at radius 1 is 1.24 bits per heavy atom. The molecule has 29 heavy (non-hydrogen) atoms. The Kier molecular flexibility index (Phi) is 5.36. The number of fused-ring (bicyclic) bond motifs is 1. The van der Waals surface area contributed by atoms with Crippen LogP contribution >= 0.6 is 11.8 Å². The predicted octanol–water partition coefficient (Wildman–Crippen LogP) is 2.46. The van der Waals surface area contributed by atoms with Crippen molar-refractivity contribution in [3.63, 3.8) is 0 Å². The van der Waals surface area contributed by atoms with Gasteiger partial charge < -0.3 is 20.1 Å². The Labute approximate surface area is 175 Å². The first-order valence-electron chi connectivity index (χ1n) is 9.77. The average Bonchev–Trinajstić information content (AvgIpc) is 2.95. The lowest BCUT2D eigenvalue weighted by Gasteiger charge is -2.51. The lowest BCUT2D eigenvalue weighted by Crippen LogP contribution is -2.78. The van der Waals surface area contributed by atoms with E-state index in [0.717, 1.165) is 17.5 Å². The summed E-state index contributed by atoms with van der Waals surface area (Å²) in [6, 6.07) is 2.92. The zero-order chi connectivity index (χ0) is 21.7. The Morgan fingerprint density at radius 3 is 2.41 bits per heavy atom. The van der Waals surface area contributed by atoms with Gasteiger partial charge in [0.15, 0.2) is 0 Å². The third-order valence-electron chi connectivity index (χ3n) is 5.86. The molecular formula is C21H28N2O5S. The molecule has 2 amide bonds. The van der Waals surface area contributed by atoms with Crippen molar-refractivity contribution >= 4 is 29.5 Å². The zero-order valence-corrected chi connectivity index (χ0v) is 18.5. The maximum atomic E-state index is 13.2. The number of amides is 2. The number of benzene rings is 1. The number of aryl methyl sites for hydroxylation is 2. The number of carboxylic acid groups (broad SMARTS) is 1. The van der Waals surface area contributed by atoms with E-state index in [1.807, 2.05) is 39.8 Å². The van der Waals surface area contributed by atoms with Crippen molar-refractivity contribution in [2.45, 2.75) is 69.2 Å². The van der Waals surface area contributed by atoms with Crippen LogP contribution in [0.5, 0.6) is 5.75 Å². The van der Waals surface area contributed by atoms with Crippen LogP contribution in [-0.4, -0.2) is 56.6 Å². The van der Waals surface area contributed by atoms with Crippen LogP contribution in [0.3, 0.4) is 0 Å². The monoisotopic (exact) mass is 420 g/mol.